The van der Waals surface area contributed by atoms with E-state index in [0.29, 0.717) is 19.0 Å². The topological polar surface area (TPSA) is 73.1 Å². The summed E-state index contributed by atoms with van der Waals surface area (Å²) in [5.74, 6) is 1.40. The normalized spacial score (nSPS) is 17.6. The van der Waals surface area contributed by atoms with Crippen molar-refractivity contribution in [3.8, 4) is 5.88 Å². The number of hydrogen-bond donors (Lipinski definition) is 2. The zero-order chi connectivity index (χ0) is 11.4. The van der Waals surface area contributed by atoms with E-state index in [0.717, 1.165) is 18.7 Å². The maximum absolute atomic E-state index is 5.78. The van der Waals surface area contributed by atoms with Crippen LogP contribution in [0.4, 0.5) is 5.82 Å². The van der Waals surface area contributed by atoms with E-state index in [2.05, 4.69) is 15.3 Å². The second-order valence-corrected chi connectivity index (χ2v) is 4.14. The molecule has 88 valence electrons. The van der Waals surface area contributed by atoms with Crippen molar-refractivity contribution in [2.24, 2.45) is 5.73 Å². The average molecular weight is 222 g/mol. The van der Waals surface area contributed by atoms with Gasteiger partial charge >= 0.3 is 0 Å². The van der Waals surface area contributed by atoms with Crippen molar-refractivity contribution in [2.75, 3.05) is 18.5 Å². The predicted octanol–water partition coefficient (Wildman–Crippen LogP) is 1.17. The molecule has 0 aromatic carbocycles. The van der Waals surface area contributed by atoms with E-state index >= 15 is 0 Å². The fourth-order valence-electron chi connectivity index (χ4n) is 1.89. The highest BCUT2D eigenvalue weighted by Gasteiger charge is 2.35. The van der Waals surface area contributed by atoms with Gasteiger partial charge in [0.25, 0.3) is 0 Å². The first-order chi connectivity index (χ1) is 7.78. The maximum Gasteiger partial charge on any atom is 0.218 e. The van der Waals surface area contributed by atoms with Gasteiger partial charge in [0.2, 0.25) is 5.88 Å². The van der Waals surface area contributed by atoms with E-state index < -0.39 is 0 Å². The summed E-state index contributed by atoms with van der Waals surface area (Å²) in [6.45, 7) is 3.18. The Morgan fingerprint density at radius 1 is 1.50 bits per heavy atom. The first-order valence-corrected chi connectivity index (χ1v) is 5.71. The lowest BCUT2D eigenvalue weighted by Crippen LogP contribution is -2.51. The molecule has 5 heteroatoms. The highest BCUT2D eigenvalue weighted by Crippen LogP contribution is 2.34. The van der Waals surface area contributed by atoms with E-state index in [9.17, 15) is 0 Å². The number of rotatable bonds is 5. The Kier molecular flexibility index (Phi) is 3.24. The van der Waals surface area contributed by atoms with Crippen LogP contribution in [0.25, 0.3) is 0 Å². The van der Waals surface area contributed by atoms with E-state index in [1.807, 2.05) is 13.0 Å². The lowest BCUT2D eigenvalue weighted by atomic mass is 9.77. The second kappa shape index (κ2) is 4.65. The van der Waals surface area contributed by atoms with Crippen LogP contribution < -0.4 is 15.8 Å². The van der Waals surface area contributed by atoms with Crippen LogP contribution in [0.5, 0.6) is 5.88 Å². The van der Waals surface area contributed by atoms with Crippen LogP contribution in [0.2, 0.25) is 0 Å². The van der Waals surface area contributed by atoms with Gasteiger partial charge in [-0.05, 0) is 26.2 Å². The number of hydrogen-bond acceptors (Lipinski definition) is 5. The molecule has 1 saturated carbocycles. The zero-order valence-corrected chi connectivity index (χ0v) is 9.57. The number of ether oxygens (including phenoxy) is 1. The average Bonchev–Trinajstić information content (AvgIpc) is 2.25. The molecule has 0 spiro atoms. The molecule has 1 aromatic heterocycles. The molecule has 0 atom stereocenters. The number of anilines is 1. The maximum atomic E-state index is 5.78. The van der Waals surface area contributed by atoms with Crippen LogP contribution in [-0.2, 0) is 0 Å². The molecule has 1 fully saturated rings. The number of nitrogens with one attached hydrogen (secondary N) is 1. The summed E-state index contributed by atoms with van der Waals surface area (Å²) in [6.07, 6.45) is 4.96. The van der Waals surface area contributed by atoms with Crippen LogP contribution in [0, 0.1) is 0 Å². The molecule has 1 aliphatic carbocycles. The summed E-state index contributed by atoms with van der Waals surface area (Å²) in [4.78, 5) is 8.20. The quantitative estimate of drug-likeness (QED) is 0.782. The van der Waals surface area contributed by atoms with Gasteiger partial charge in [-0.25, -0.2) is 9.97 Å². The zero-order valence-electron chi connectivity index (χ0n) is 9.57. The van der Waals surface area contributed by atoms with Crippen LogP contribution in [-0.4, -0.2) is 28.7 Å². The van der Waals surface area contributed by atoms with Crippen LogP contribution in [0.1, 0.15) is 26.2 Å². The van der Waals surface area contributed by atoms with Crippen molar-refractivity contribution in [1.82, 2.24) is 9.97 Å². The van der Waals surface area contributed by atoms with E-state index in [4.69, 9.17) is 10.5 Å². The van der Waals surface area contributed by atoms with Crippen LogP contribution in [0.15, 0.2) is 12.4 Å². The van der Waals surface area contributed by atoms with Gasteiger partial charge in [0.15, 0.2) is 0 Å². The third-order valence-electron chi connectivity index (χ3n) is 3.03. The Labute approximate surface area is 95.4 Å². The van der Waals surface area contributed by atoms with Crippen LogP contribution >= 0.6 is 0 Å². The molecule has 3 N–H and O–H groups in total. The highest BCUT2D eigenvalue weighted by molar-refractivity contribution is 5.41. The van der Waals surface area contributed by atoms with E-state index in [1.165, 1.54) is 12.7 Å². The van der Waals surface area contributed by atoms with Crippen LogP contribution in [0.3, 0.4) is 0 Å². The summed E-state index contributed by atoms with van der Waals surface area (Å²) in [5, 5.41) is 3.38. The van der Waals surface area contributed by atoms with Crippen molar-refractivity contribution in [1.29, 1.82) is 0 Å². The Balaban J connectivity index is 2.05. The third kappa shape index (κ3) is 2.24. The molecule has 0 amide bonds. The summed E-state index contributed by atoms with van der Waals surface area (Å²) >= 11 is 0. The highest BCUT2D eigenvalue weighted by atomic mass is 16.5. The molecule has 1 heterocycles. The van der Waals surface area contributed by atoms with Crippen molar-refractivity contribution in [3.05, 3.63) is 12.4 Å². The predicted molar refractivity (Wildman–Crippen MR) is 62.5 cm³/mol. The van der Waals surface area contributed by atoms with Gasteiger partial charge in [-0.2, -0.15) is 0 Å². The molecule has 0 aliphatic heterocycles. The van der Waals surface area contributed by atoms with Crippen molar-refractivity contribution in [2.45, 2.75) is 31.7 Å². The summed E-state index contributed by atoms with van der Waals surface area (Å²) < 4.78 is 5.32. The molecule has 16 heavy (non-hydrogen) atoms. The molecule has 1 aromatic rings. The summed E-state index contributed by atoms with van der Waals surface area (Å²) in [7, 11) is 0. The molecule has 0 bridgehead atoms. The molecule has 0 saturated heterocycles. The molecule has 2 rings (SSSR count). The lowest BCUT2D eigenvalue weighted by molar-refractivity contribution is 0.286. The minimum absolute atomic E-state index is 0.0395. The standard InChI is InChI=1S/C11H18N4O/c1-2-16-10-6-9(13-8-14-10)15-11(7-12)4-3-5-11/h6,8H,2-5,7,12H2,1H3,(H,13,14,15). The minimum atomic E-state index is 0.0395. The van der Waals surface area contributed by atoms with Gasteiger partial charge in [-0.1, -0.05) is 0 Å². The smallest absolute Gasteiger partial charge is 0.218 e. The van der Waals surface area contributed by atoms with Gasteiger partial charge in [-0.3, -0.25) is 0 Å². The Bertz CT molecular complexity index is 346. The van der Waals surface area contributed by atoms with Gasteiger partial charge in [0.05, 0.1) is 12.1 Å². The van der Waals surface area contributed by atoms with Crippen molar-refractivity contribution >= 4 is 5.82 Å². The molecule has 0 radical (unpaired) electrons. The first-order valence-electron chi connectivity index (χ1n) is 5.71. The van der Waals surface area contributed by atoms with Crippen molar-refractivity contribution in [3.63, 3.8) is 0 Å². The SMILES string of the molecule is CCOc1cc(NC2(CN)CCC2)ncn1. The summed E-state index contributed by atoms with van der Waals surface area (Å²) in [6, 6.07) is 1.82. The Morgan fingerprint density at radius 3 is 2.88 bits per heavy atom. The van der Waals surface area contributed by atoms with Gasteiger partial charge in [-0.15, -0.1) is 0 Å². The second-order valence-electron chi connectivity index (χ2n) is 4.14. The monoisotopic (exact) mass is 222 g/mol. The molecular formula is C11H18N4O. The summed E-state index contributed by atoms with van der Waals surface area (Å²) in [5.41, 5.74) is 5.82. The third-order valence-corrected chi connectivity index (χ3v) is 3.03. The van der Waals surface area contributed by atoms with Gasteiger partial charge in [0, 0.05) is 12.6 Å². The fraction of sp³-hybridized carbons (Fsp3) is 0.636. The fourth-order valence-corrected chi connectivity index (χ4v) is 1.89. The number of aromatic nitrogens is 2. The largest absolute Gasteiger partial charge is 0.478 e. The van der Waals surface area contributed by atoms with E-state index in [1.54, 1.807) is 0 Å². The first kappa shape index (κ1) is 11.1. The molecule has 1 aliphatic rings. The van der Waals surface area contributed by atoms with Gasteiger partial charge < -0.3 is 15.8 Å². The van der Waals surface area contributed by atoms with Gasteiger partial charge in [0.1, 0.15) is 12.1 Å². The number of nitrogens with two attached hydrogens (primary N) is 1. The molecule has 5 nitrogen and oxygen atoms in total. The Morgan fingerprint density at radius 2 is 2.31 bits per heavy atom. The molecular weight excluding hydrogens is 204 g/mol. The molecule has 0 unspecified atom stereocenters. The minimum Gasteiger partial charge on any atom is -0.478 e. The number of nitrogens with zero attached hydrogens (tertiary/aromatic N) is 2. The van der Waals surface area contributed by atoms with E-state index in [-0.39, 0.29) is 5.54 Å². The lowest BCUT2D eigenvalue weighted by Gasteiger charge is -2.42. The Hall–Kier alpha value is -1.36. The van der Waals surface area contributed by atoms with Crippen molar-refractivity contribution < 1.29 is 4.74 Å².